The van der Waals surface area contributed by atoms with E-state index < -0.39 is 0 Å². The molecule has 2 N–H and O–H groups in total. The van der Waals surface area contributed by atoms with Crippen molar-refractivity contribution in [2.75, 3.05) is 6.54 Å². The van der Waals surface area contributed by atoms with E-state index in [9.17, 15) is 0 Å². The maximum absolute atomic E-state index is 5.78. The third-order valence-corrected chi connectivity index (χ3v) is 2.98. The minimum atomic E-state index is -0.193. The largest absolute Gasteiger partial charge is 0.288 e. The molecule has 9 heavy (non-hydrogen) atoms. The van der Waals surface area contributed by atoms with Crippen LogP contribution in [0.1, 0.15) is 0 Å². The Balaban J connectivity index is 2.35. The van der Waals surface area contributed by atoms with Gasteiger partial charge in [0, 0.05) is 6.54 Å². The lowest BCUT2D eigenvalue weighted by molar-refractivity contribution is 0.443. The number of halogens is 3. The molecule has 0 aromatic rings. The van der Waals surface area contributed by atoms with E-state index in [1.165, 1.54) is 0 Å². The fraction of sp³-hybridized carbons (Fsp3) is 1.00. The second-order valence-electron chi connectivity index (χ2n) is 1.86. The molecular formula is C4H7BrCl2N2. The fourth-order valence-corrected chi connectivity index (χ4v) is 1.47. The lowest BCUT2D eigenvalue weighted by Gasteiger charge is -2.28. The molecule has 1 rings (SSSR count). The lowest BCUT2D eigenvalue weighted by atomic mass is 10.4. The summed E-state index contributed by atoms with van der Waals surface area (Å²) in [7, 11) is 0. The molecule has 54 valence electrons. The zero-order chi connectivity index (χ0) is 6.85. The maximum Gasteiger partial charge on any atom is 0.136 e. The van der Waals surface area contributed by atoms with Crippen LogP contribution in [0.15, 0.2) is 0 Å². The summed E-state index contributed by atoms with van der Waals surface area (Å²) in [5.41, 5.74) is -0.268. The molecule has 5 heteroatoms. The summed E-state index contributed by atoms with van der Waals surface area (Å²) in [4.78, 5) is 0.258. The van der Waals surface area contributed by atoms with Gasteiger partial charge in [-0.25, -0.2) is 0 Å². The Morgan fingerprint density at radius 3 is 2.56 bits per heavy atom. The van der Waals surface area contributed by atoms with Crippen LogP contribution >= 0.6 is 39.1 Å². The Morgan fingerprint density at radius 2 is 2.11 bits per heavy atom. The Bertz CT molecular complexity index is 103. The topological polar surface area (TPSA) is 24.1 Å². The molecule has 0 amide bonds. The summed E-state index contributed by atoms with van der Waals surface area (Å²) in [5, 5.41) is 5.89. The van der Waals surface area contributed by atoms with Crippen LogP contribution in [0.4, 0.5) is 0 Å². The normalized spacial score (nSPS) is 45.0. The Kier molecular flexibility index (Phi) is 3.05. The van der Waals surface area contributed by atoms with E-state index in [0.29, 0.717) is 0 Å². The van der Waals surface area contributed by atoms with E-state index in [2.05, 4.69) is 26.6 Å². The third-order valence-electron chi connectivity index (χ3n) is 1.12. The zero-order valence-corrected chi connectivity index (χ0v) is 7.67. The van der Waals surface area contributed by atoms with Crippen molar-refractivity contribution >= 4 is 39.1 Å². The molecule has 0 radical (unpaired) electrons. The summed E-state index contributed by atoms with van der Waals surface area (Å²) in [6.07, 6.45) is 0. The molecule has 3 atom stereocenters. The standard InChI is InChI=1S/C4H7BrCl2N2/c5-2-1-8-4(7)9-3(2)6/h2-4,8-9H,1H2. The van der Waals surface area contributed by atoms with Gasteiger partial charge in [-0.15, -0.1) is 11.6 Å². The van der Waals surface area contributed by atoms with Gasteiger partial charge in [0.15, 0.2) is 0 Å². The highest BCUT2D eigenvalue weighted by Crippen LogP contribution is 2.13. The first-order valence-electron chi connectivity index (χ1n) is 2.62. The number of nitrogens with one attached hydrogen (secondary N) is 2. The van der Waals surface area contributed by atoms with Gasteiger partial charge in [-0.05, 0) is 0 Å². The highest BCUT2D eigenvalue weighted by molar-refractivity contribution is 9.09. The lowest BCUT2D eigenvalue weighted by Crippen LogP contribution is -2.54. The molecule has 3 unspecified atom stereocenters. The van der Waals surface area contributed by atoms with Crippen LogP contribution in [0.25, 0.3) is 0 Å². The van der Waals surface area contributed by atoms with Crippen LogP contribution in [-0.4, -0.2) is 22.5 Å². The molecule has 1 aliphatic rings. The van der Waals surface area contributed by atoms with Crippen molar-refractivity contribution in [3.05, 3.63) is 0 Å². The van der Waals surface area contributed by atoms with Crippen LogP contribution in [0.3, 0.4) is 0 Å². The Hall–Kier alpha value is 0.980. The van der Waals surface area contributed by atoms with E-state index >= 15 is 0 Å². The van der Waals surface area contributed by atoms with Crippen molar-refractivity contribution in [3.8, 4) is 0 Å². The van der Waals surface area contributed by atoms with Crippen molar-refractivity contribution in [2.24, 2.45) is 0 Å². The second-order valence-corrected chi connectivity index (χ2v) is 3.94. The van der Waals surface area contributed by atoms with Crippen molar-refractivity contribution < 1.29 is 0 Å². The van der Waals surface area contributed by atoms with Gasteiger partial charge >= 0.3 is 0 Å². The van der Waals surface area contributed by atoms with Gasteiger partial charge in [0.2, 0.25) is 0 Å². The highest BCUT2D eigenvalue weighted by atomic mass is 79.9. The molecule has 1 aliphatic heterocycles. The fourth-order valence-electron chi connectivity index (χ4n) is 0.623. The van der Waals surface area contributed by atoms with Gasteiger partial charge in [-0.3, -0.25) is 10.6 Å². The summed E-state index contributed by atoms with van der Waals surface area (Å²) in [6, 6.07) is 0. The van der Waals surface area contributed by atoms with Crippen molar-refractivity contribution in [1.29, 1.82) is 0 Å². The van der Waals surface area contributed by atoms with E-state index in [4.69, 9.17) is 23.2 Å². The monoisotopic (exact) mass is 232 g/mol. The summed E-state index contributed by atoms with van der Waals surface area (Å²) < 4.78 is 0. The smallest absolute Gasteiger partial charge is 0.136 e. The van der Waals surface area contributed by atoms with Gasteiger partial charge < -0.3 is 0 Å². The second kappa shape index (κ2) is 3.39. The van der Waals surface area contributed by atoms with Crippen LogP contribution in [0, 0.1) is 0 Å². The number of hydrogen-bond acceptors (Lipinski definition) is 2. The molecule has 0 aromatic heterocycles. The molecule has 1 fully saturated rings. The molecule has 2 nitrogen and oxygen atoms in total. The molecule has 0 spiro atoms. The van der Waals surface area contributed by atoms with Gasteiger partial charge in [0.05, 0.1) is 10.3 Å². The number of alkyl halides is 3. The maximum atomic E-state index is 5.78. The molecule has 0 aromatic carbocycles. The van der Waals surface area contributed by atoms with Gasteiger partial charge in [-0.1, -0.05) is 27.5 Å². The predicted molar refractivity (Wildman–Crippen MR) is 43.1 cm³/mol. The Labute approximate surface area is 72.4 Å². The molecular weight excluding hydrogens is 227 g/mol. The molecule has 0 saturated carbocycles. The van der Waals surface area contributed by atoms with Gasteiger partial charge in [0.25, 0.3) is 0 Å². The SMILES string of the molecule is ClC1NCC(Br)C(Cl)N1. The first-order chi connectivity index (χ1) is 4.20. The molecule has 0 bridgehead atoms. The van der Waals surface area contributed by atoms with E-state index in [1.807, 2.05) is 0 Å². The highest BCUT2D eigenvalue weighted by Gasteiger charge is 2.23. The number of hydrogen-bond donors (Lipinski definition) is 2. The third kappa shape index (κ3) is 2.24. The minimum Gasteiger partial charge on any atom is -0.288 e. The summed E-state index contributed by atoms with van der Waals surface area (Å²) in [6.45, 7) is 0.801. The quantitative estimate of drug-likeness (QED) is 0.483. The predicted octanol–water partition coefficient (Wildman–Crippen LogP) is 1.03. The average molecular weight is 234 g/mol. The molecule has 1 saturated heterocycles. The van der Waals surface area contributed by atoms with Crippen molar-refractivity contribution in [1.82, 2.24) is 10.6 Å². The summed E-state index contributed by atoms with van der Waals surface area (Å²) >= 11 is 14.8. The van der Waals surface area contributed by atoms with Crippen LogP contribution in [-0.2, 0) is 0 Å². The average Bonchev–Trinajstić information content (AvgIpc) is 1.80. The van der Waals surface area contributed by atoms with Crippen LogP contribution in [0.5, 0.6) is 0 Å². The van der Waals surface area contributed by atoms with Crippen LogP contribution in [0.2, 0.25) is 0 Å². The van der Waals surface area contributed by atoms with E-state index in [-0.39, 0.29) is 16.0 Å². The molecule has 0 aliphatic carbocycles. The van der Waals surface area contributed by atoms with E-state index in [0.717, 1.165) is 6.54 Å². The first-order valence-corrected chi connectivity index (χ1v) is 4.40. The van der Waals surface area contributed by atoms with Crippen molar-refractivity contribution in [2.45, 2.75) is 16.0 Å². The summed E-state index contributed by atoms with van der Waals surface area (Å²) in [5.74, 6) is 0. The minimum absolute atomic E-state index is 0.0752. The number of rotatable bonds is 0. The van der Waals surface area contributed by atoms with Crippen LogP contribution < -0.4 is 10.6 Å². The van der Waals surface area contributed by atoms with Gasteiger partial charge in [0.1, 0.15) is 5.62 Å². The Morgan fingerprint density at radius 1 is 1.44 bits per heavy atom. The first kappa shape index (κ1) is 8.08. The zero-order valence-electron chi connectivity index (χ0n) is 4.57. The molecule has 1 heterocycles. The van der Waals surface area contributed by atoms with Gasteiger partial charge in [-0.2, -0.15) is 0 Å². The van der Waals surface area contributed by atoms with Crippen molar-refractivity contribution in [3.63, 3.8) is 0 Å². The van der Waals surface area contributed by atoms with E-state index in [1.54, 1.807) is 0 Å².